The molecule has 0 spiro atoms. The van der Waals surface area contributed by atoms with Crippen molar-refractivity contribution in [3.05, 3.63) is 0 Å². The second-order valence-corrected chi connectivity index (χ2v) is 4.21. The Balaban J connectivity index is 2.02. The molecular formula is C11H22N2O2. The lowest BCUT2D eigenvalue weighted by atomic mass is 10.1. The molecule has 1 unspecified atom stereocenters. The Morgan fingerprint density at radius 3 is 2.67 bits per heavy atom. The first-order valence-electron chi connectivity index (χ1n) is 5.77. The minimum atomic E-state index is -0.161. The molecule has 0 aromatic heterocycles. The summed E-state index contributed by atoms with van der Waals surface area (Å²) in [6, 6.07) is 0.129. The fourth-order valence-corrected chi connectivity index (χ4v) is 1.90. The summed E-state index contributed by atoms with van der Waals surface area (Å²) in [5, 5.41) is 0. The third-order valence-electron chi connectivity index (χ3n) is 2.96. The predicted molar refractivity (Wildman–Crippen MR) is 59.5 cm³/mol. The number of likely N-dealkylation sites (tertiary alicyclic amines) is 1. The van der Waals surface area contributed by atoms with Crippen LogP contribution in [-0.4, -0.2) is 43.7 Å². The number of ether oxygens (including phenoxy) is 1. The van der Waals surface area contributed by atoms with Crippen LogP contribution in [0.5, 0.6) is 0 Å². The van der Waals surface area contributed by atoms with Gasteiger partial charge in [0.15, 0.2) is 0 Å². The van der Waals surface area contributed by atoms with Crippen molar-refractivity contribution in [2.75, 3.05) is 26.7 Å². The number of esters is 1. The van der Waals surface area contributed by atoms with E-state index in [1.807, 2.05) is 0 Å². The van der Waals surface area contributed by atoms with Crippen molar-refractivity contribution >= 4 is 5.97 Å². The molecule has 4 heteroatoms. The maximum Gasteiger partial charge on any atom is 0.305 e. The standard InChI is InChI=1S/C11H22N2O2/c1-15-11(14)5-4-10(12)6-9-13-7-2-3-8-13/h10H,2-9,12H2,1H3. The van der Waals surface area contributed by atoms with Crippen LogP contribution in [0.2, 0.25) is 0 Å². The summed E-state index contributed by atoms with van der Waals surface area (Å²) in [5.41, 5.74) is 5.92. The lowest BCUT2D eigenvalue weighted by Crippen LogP contribution is -2.29. The number of methoxy groups -OCH3 is 1. The van der Waals surface area contributed by atoms with E-state index in [9.17, 15) is 4.79 Å². The molecule has 0 aromatic rings. The summed E-state index contributed by atoms with van der Waals surface area (Å²) in [6.45, 7) is 3.50. The molecule has 1 saturated heterocycles. The van der Waals surface area contributed by atoms with Gasteiger partial charge < -0.3 is 15.4 Å². The van der Waals surface area contributed by atoms with E-state index in [2.05, 4.69) is 9.64 Å². The quantitative estimate of drug-likeness (QED) is 0.663. The lowest BCUT2D eigenvalue weighted by Gasteiger charge is -2.17. The van der Waals surface area contributed by atoms with Crippen LogP contribution in [0, 0.1) is 0 Å². The molecule has 0 aliphatic carbocycles. The number of hydrogen-bond donors (Lipinski definition) is 1. The Morgan fingerprint density at radius 1 is 1.40 bits per heavy atom. The third-order valence-corrected chi connectivity index (χ3v) is 2.96. The Morgan fingerprint density at radius 2 is 2.07 bits per heavy atom. The molecule has 1 atom stereocenters. The summed E-state index contributed by atoms with van der Waals surface area (Å²) in [7, 11) is 1.41. The van der Waals surface area contributed by atoms with Crippen LogP contribution in [0.1, 0.15) is 32.1 Å². The van der Waals surface area contributed by atoms with Crippen LogP contribution >= 0.6 is 0 Å². The van der Waals surface area contributed by atoms with Gasteiger partial charge in [-0.15, -0.1) is 0 Å². The van der Waals surface area contributed by atoms with Crippen LogP contribution in [0.4, 0.5) is 0 Å². The van der Waals surface area contributed by atoms with Crippen LogP contribution in [0.15, 0.2) is 0 Å². The molecule has 4 nitrogen and oxygen atoms in total. The summed E-state index contributed by atoms with van der Waals surface area (Å²) in [4.78, 5) is 13.3. The maximum absolute atomic E-state index is 10.9. The highest BCUT2D eigenvalue weighted by atomic mass is 16.5. The van der Waals surface area contributed by atoms with E-state index in [0.717, 1.165) is 19.4 Å². The molecule has 15 heavy (non-hydrogen) atoms. The van der Waals surface area contributed by atoms with E-state index in [0.29, 0.717) is 6.42 Å². The topological polar surface area (TPSA) is 55.6 Å². The monoisotopic (exact) mass is 214 g/mol. The van der Waals surface area contributed by atoms with Crippen LogP contribution in [-0.2, 0) is 9.53 Å². The van der Waals surface area contributed by atoms with Gasteiger partial charge in [-0.3, -0.25) is 4.79 Å². The summed E-state index contributed by atoms with van der Waals surface area (Å²) < 4.78 is 4.57. The van der Waals surface area contributed by atoms with E-state index in [1.54, 1.807) is 0 Å². The molecule has 1 fully saturated rings. The van der Waals surface area contributed by atoms with Crippen molar-refractivity contribution < 1.29 is 9.53 Å². The van der Waals surface area contributed by atoms with E-state index < -0.39 is 0 Å². The first-order chi connectivity index (χ1) is 7.22. The number of rotatable bonds is 6. The average Bonchev–Trinajstić information content (AvgIpc) is 2.75. The summed E-state index contributed by atoms with van der Waals surface area (Å²) in [6.07, 6.45) is 4.80. The first kappa shape index (κ1) is 12.5. The maximum atomic E-state index is 10.9. The molecule has 0 radical (unpaired) electrons. The molecule has 0 bridgehead atoms. The zero-order chi connectivity index (χ0) is 11.1. The fraction of sp³-hybridized carbons (Fsp3) is 0.909. The molecule has 1 aliphatic rings. The van der Waals surface area contributed by atoms with E-state index >= 15 is 0 Å². The molecule has 1 rings (SSSR count). The molecule has 0 aromatic carbocycles. The van der Waals surface area contributed by atoms with Crippen molar-refractivity contribution in [3.8, 4) is 0 Å². The zero-order valence-electron chi connectivity index (χ0n) is 9.58. The highest BCUT2D eigenvalue weighted by Gasteiger charge is 2.13. The van der Waals surface area contributed by atoms with Crippen LogP contribution in [0.25, 0.3) is 0 Å². The largest absolute Gasteiger partial charge is 0.469 e. The van der Waals surface area contributed by atoms with Crippen molar-refractivity contribution in [1.82, 2.24) is 4.90 Å². The Bertz CT molecular complexity index is 191. The molecule has 0 saturated carbocycles. The highest BCUT2D eigenvalue weighted by Crippen LogP contribution is 2.09. The van der Waals surface area contributed by atoms with Crippen molar-refractivity contribution in [2.45, 2.75) is 38.1 Å². The number of carbonyl (C=O) groups excluding carboxylic acids is 1. The van der Waals surface area contributed by atoms with Crippen molar-refractivity contribution in [3.63, 3.8) is 0 Å². The van der Waals surface area contributed by atoms with Gasteiger partial charge in [0.05, 0.1) is 7.11 Å². The molecule has 0 amide bonds. The average molecular weight is 214 g/mol. The number of nitrogens with two attached hydrogens (primary N) is 1. The zero-order valence-corrected chi connectivity index (χ0v) is 9.58. The molecular weight excluding hydrogens is 192 g/mol. The van der Waals surface area contributed by atoms with Crippen molar-refractivity contribution in [1.29, 1.82) is 0 Å². The van der Waals surface area contributed by atoms with E-state index in [-0.39, 0.29) is 12.0 Å². The van der Waals surface area contributed by atoms with Gasteiger partial charge in [0.1, 0.15) is 0 Å². The van der Waals surface area contributed by atoms with Crippen LogP contribution < -0.4 is 5.73 Å². The van der Waals surface area contributed by atoms with Crippen molar-refractivity contribution in [2.24, 2.45) is 5.73 Å². The fourth-order valence-electron chi connectivity index (χ4n) is 1.90. The number of hydrogen-bond acceptors (Lipinski definition) is 4. The molecule has 1 heterocycles. The molecule has 1 aliphatic heterocycles. The highest BCUT2D eigenvalue weighted by molar-refractivity contribution is 5.69. The van der Waals surface area contributed by atoms with Gasteiger partial charge in [-0.1, -0.05) is 0 Å². The third kappa shape index (κ3) is 5.14. The van der Waals surface area contributed by atoms with Crippen LogP contribution in [0.3, 0.4) is 0 Å². The van der Waals surface area contributed by atoms with Gasteiger partial charge in [-0.2, -0.15) is 0 Å². The normalized spacial score (nSPS) is 19.1. The first-order valence-corrected chi connectivity index (χ1v) is 5.77. The Kier molecular flexibility index (Phi) is 5.65. The van der Waals surface area contributed by atoms with Gasteiger partial charge in [0.2, 0.25) is 0 Å². The number of carbonyl (C=O) groups is 1. The van der Waals surface area contributed by atoms with Gasteiger partial charge in [0, 0.05) is 12.5 Å². The minimum absolute atomic E-state index is 0.129. The lowest BCUT2D eigenvalue weighted by molar-refractivity contribution is -0.140. The van der Waals surface area contributed by atoms with Gasteiger partial charge in [-0.05, 0) is 45.3 Å². The number of nitrogens with zero attached hydrogens (tertiary/aromatic N) is 1. The Labute approximate surface area is 91.8 Å². The smallest absolute Gasteiger partial charge is 0.305 e. The van der Waals surface area contributed by atoms with E-state index in [4.69, 9.17) is 5.73 Å². The summed E-state index contributed by atoms with van der Waals surface area (Å²) in [5.74, 6) is -0.161. The predicted octanol–water partition coefficient (Wildman–Crippen LogP) is 0.753. The minimum Gasteiger partial charge on any atom is -0.469 e. The SMILES string of the molecule is COC(=O)CCC(N)CCN1CCCC1. The second-order valence-electron chi connectivity index (χ2n) is 4.21. The van der Waals surface area contributed by atoms with Gasteiger partial charge >= 0.3 is 5.97 Å². The molecule has 2 N–H and O–H groups in total. The van der Waals surface area contributed by atoms with Gasteiger partial charge in [0.25, 0.3) is 0 Å². The van der Waals surface area contributed by atoms with E-state index in [1.165, 1.54) is 33.0 Å². The molecule has 88 valence electrons. The second kappa shape index (κ2) is 6.80. The Hall–Kier alpha value is -0.610. The summed E-state index contributed by atoms with van der Waals surface area (Å²) >= 11 is 0. The van der Waals surface area contributed by atoms with Gasteiger partial charge in [-0.25, -0.2) is 0 Å².